The van der Waals surface area contributed by atoms with E-state index < -0.39 is 0 Å². The first kappa shape index (κ1) is 20.8. The highest BCUT2D eigenvalue weighted by Crippen LogP contribution is 2.29. The topological polar surface area (TPSA) is 66.9 Å². The Hall–Kier alpha value is -2.44. The molecule has 1 saturated carbocycles. The van der Waals surface area contributed by atoms with E-state index in [4.69, 9.17) is 23.8 Å². The molecule has 30 heavy (non-hydrogen) atoms. The summed E-state index contributed by atoms with van der Waals surface area (Å²) in [5.41, 5.74) is 1.40. The number of fused-ring (bicyclic) bond motifs is 1. The number of aromatic amines is 1. The molecule has 1 aliphatic carbocycles. The minimum Gasteiger partial charge on any atom is -0.349 e. The van der Waals surface area contributed by atoms with Crippen molar-refractivity contribution in [3.63, 3.8) is 0 Å². The molecule has 1 fully saturated rings. The van der Waals surface area contributed by atoms with Gasteiger partial charge in [-0.25, -0.2) is 0 Å². The number of benzene rings is 2. The van der Waals surface area contributed by atoms with Gasteiger partial charge in [-0.05, 0) is 66.9 Å². The van der Waals surface area contributed by atoms with E-state index in [0.29, 0.717) is 39.0 Å². The number of aromatic nitrogens is 2. The van der Waals surface area contributed by atoms with Crippen molar-refractivity contribution >= 4 is 40.6 Å². The van der Waals surface area contributed by atoms with Gasteiger partial charge in [0, 0.05) is 16.6 Å². The van der Waals surface area contributed by atoms with Crippen molar-refractivity contribution in [3.8, 4) is 5.69 Å². The first-order valence-electron chi connectivity index (χ1n) is 10.2. The minimum atomic E-state index is -0.252. The molecule has 0 bridgehead atoms. The number of halogens is 1. The summed E-state index contributed by atoms with van der Waals surface area (Å²) in [5, 5.41) is 4.19. The van der Waals surface area contributed by atoms with E-state index in [1.54, 1.807) is 42.5 Å². The van der Waals surface area contributed by atoms with Gasteiger partial charge >= 0.3 is 0 Å². The van der Waals surface area contributed by atoms with E-state index in [0.717, 1.165) is 12.8 Å². The van der Waals surface area contributed by atoms with Crippen molar-refractivity contribution in [1.82, 2.24) is 14.9 Å². The van der Waals surface area contributed by atoms with Crippen molar-refractivity contribution < 1.29 is 4.79 Å². The van der Waals surface area contributed by atoms with E-state index >= 15 is 0 Å². The molecule has 2 N–H and O–H groups in total. The highest BCUT2D eigenvalue weighted by Gasteiger charge is 2.28. The van der Waals surface area contributed by atoms with Crippen molar-refractivity contribution in [3.05, 3.63) is 68.2 Å². The van der Waals surface area contributed by atoms with Gasteiger partial charge in [0.25, 0.3) is 11.5 Å². The zero-order valence-corrected chi connectivity index (χ0v) is 18.5. The Balaban J connectivity index is 1.69. The summed E-state index contributed by atoms with van der Waals surface area (Å²) in [7, 11) is 0. The fourth-order valence-corrected chi connectivity index (χ4v) is 4.72. The second-order valence-electron chi connectivity index (χ2n) is 8.16. The second kappa shape index (κ2) is 8.36. The Labute approximate surface area is 185 Å². The highest BCUT2D eigenvalue weighted by molar-refractivity contribution is 7.71. The predicted octanol–water partition coefficient (Wildman–Crippen LogP) is 5.26. The zero-order valence-electron chi connectivity index (χ0n) is 16.9. The van der Waals surface area contributed by atoms with Crippen LogP contribution in [0.2, 0.25) is 5.02 Å². The van der Waals surface area contributed by atoms with Gasteiger partial charge in [0.2, 0.25) is 0 Å². The molecular weight excluding hydrogens is 418 g/mol. The fraction of sp³-hybridized carbons (Fsp3) is 0.348. The van der Waals surface area contributed by atoms with Crippen LogP contribution in [0.4, 0.5) is 0 Å². The summed E-state index contributed by atoms with van der Waals surface area (Å²) in [6.45, 7) is 4.44. The lowest BCUT2D eigenvalue weighted by atomic mass is 9.78. The zero-order chi connectivity index (χ0) is 21.4. The Morgan fingerprint density at radius 2 is 2.00 bits per heavy atom. The molecule has 0 spiro atoms. The summed E-state index contributed by atoms with van der Waals surface area (Å²) in [6, 6.07) is 12.2. The molecule has 5 nitrogen and oxygen atoms in total. The van der Waals surface area contributed by atoms with Gasteiger partial charge < -0.3 is 10.3 Å². The van der Waals surface area contributed by atoms with Crippen LogP contribution in [0.15, 0.2) is 47.3 Å². The molecular formula is C23H24ClN3O2S. The van der Waals surface area contributed by atoms with Crippen LogP contribution in [0.25, 0.3) is 16.6 Å². The van der Waals surface area contributed by atoms with E-state index in [1.165, 1.54) is 11.0 Å². The van der Waals surface area contributed by atoms with Gasteiger partial charge in [-0.15, -0.1) is 0 Å². The smallest absolute Gasteiger partial charge is 0.266 e. The third kappa shape index (κ3) is 3.94. The SMILES string of the molecule is C[C@@H]1[C@H](C)CCC[C@H]1NC(=O)c1cccc(-n2c(=S)[nH]c3cc(Cl)ccc3c2=O)c1. The van der Waals surface area contributed by atoms with Crippen molar-refractivity contribution in [2.24, 2.45) is 11.8 Å². The lowest BCUT2D eigenvalue weighted by Crippen LogP contribution is -2.43. The quantitative estimate of drug-likeness (QED) is 0.545. The van der Waals surface area contributed by atoms with Crippen LogP contribution in [-0.4, -0.2) is 21.5 Å². The number of hydrogen-bond donors (Lipinski definition) is 2. The highest BCUT2D eigenvalue weighted by atomic mass is 35.5. The Bertz CT molecular complexity index is 1230. The number of carbonyl (C=O) groups is 1. The van der Waals surface area contributed by atoms with Gasteiger partial charge in [0.05, 0.1) is 16.6 Å². The number of nitrogens with zero attached hydrogens (tertiary/aromatic N) is 1. The van der Waals surface area contributed by atoms with Crippen LogP contribution < -0.4 is 10.9 Å². The molecule has 0 radical (unpaired) electrons. The third-order valence-corrected chi connectivity index (χ3v) is 6.77. The lowest BCUT2D eigenvalue weighted by molar-refractivity contribution is 0.0891. The van der Waals surface area contributed by atoms with Crippen LogP contribution in [0.3, 0.4) is 0 Å². The van der Waals surface area contributed by atoms with Gasteiger partial charge in [-0.1, -0.05) is 44.4 Å². The van der Waals surface area contributed by atoms with Crippen LogP contribution >= 0.6 is 23.8 Å². The van der Waals surface area contributed by atoms with E-state index in [2.05, 4.69) is 24.1 Å². The average Bonchev–Trinajstić information content (AvgIpc) is 2.71. The molecule has 4 rings (SSSR count). The maximum atomic E-state index is 13.1. The van der Waals surface area contributed by atoms with E-state index in [1.807, 2.05) is 0 Å². The summed E-state index contributed by atoms with van der Waals surface area (Å²) in [5.74, 6) is 0.909. The second-order valence-corrected chi connectivity index (χ2v) is 8.98. The van der Waals surface area contributed by atoms with Gasteiger partial charge in [-0.2, -0.15) is 0 Å². The lowest BCUT2D eigenvalue weighted by Gasteiger charge is -2.34. The van der Waals surface area contributed by atoms with Gasteiger partial charge in [0.1, 0.15) is 0 Å². The van der Waals surface area contributed by atoms with Crippen LogP contribution in [0, 0.1) is 16.6 Å². The van der Waals surface area contributed by atoms with Crippen molar-refractivity contribution in [1.29, 1.82) is 0 Å². The molecule has 0 unspecified atom stereocenters. The Kier molecular flexibility index (Phi) is 5.80. The molecule has 7 heteroatoms. The van der Waals surface area contributed by atoms with Crippen LogP contribution in [0.1, 0.15) is 43.5 Å². The van der Waals surface area contributed by atoms with Crippen molar-refractivity contribution in [2.75, 3.05) is 0 Å². The number of rotatable bonds is 3. The molecule has 1 amide bonds. The van der Waals surface area contributed by atoms with Gasteiger partial charge in [0.15, 0.2) is 4.77 Å². The number of amides is 1. The first-order valence-corrected chi connectivity index (χ1v) is 11.0. The number of H-pyrrole nitrogens is 1. The molecule has 3 aromatic rings. The predicted molar refractivity (Wildman–Crippen MR) is 123 cm³/mol. The molecule has 0 aliphatic heterocycles. The van der Waals surface area contributed by atoms with Crippen LogP contribution in [0.5, 0.6) is 0 Å². The third-order valence-electron chi connectivity index (χ3n) is 6.25. The van der Waals surface area contributed by atoms with Gasteiger partial charge in [-0.3, -0.25) is 14.2 Å². The summed E-state index contributed by atoms with van der Waals surface area (Å²) < 4.78 is 1.66. The standard InChI is InChI=1S/C23H24ClN3O2S/c1-13-5-3-8-19(14(13)2)25-21(28)15-6-4-7-17(11-15)27-22(29)18-10-9-16(24)12-20(18)26-23(27)30/h4,6-7,9-14,19H,3,5,8H2,1-2H3,(H,25,28)(H,26,30)/t13-,14-,19-/m1/s1. The largest absolute Gasteiger partial charge is 0.349 e. The Morgan fingerprint density at radius 3 is 2.80 bits per heavy atom. The average molecular weight is 442 g/mol. The number of hydrogen-bond acceptors (Lipinski definition) is 3. The normalized spacial score (nSPS) is 21.5. The molecule has 3 atom stereocenters. The minimum absolute atomic E-state index is 0.127. The molecule has 1 aliphatic rings. The maximum Gasteiger partial charge on any atom is 0.266 e. The van der Waals surface area contributed by atoms with Crippen molar-refractivity contribution in [2.45, 2.75) is 39.2 Å². The summed E-state index contributed by atoms with van der Waals surface area (Å²) in [4.78, 5) is 29.0. The molecule has 1 heterocycles. The number of carbonyl (C=O) groups excluding carboxylic acids is 1. The Morgan fingerprint density at radius 1 is 1.20 bits per heavy atom. The monoisotopic (exact) mass is 441 g/mol. The molecule has 1 aromatic heterocycles. The van der Waals surface area contributed by atoms with E-state index in [9.17, 15) is 9.59 Å². The molecule has 156 valence electrons. The summed E-state index contributed by atoms with van der Waals surface area (Å²) >= 11 is 11.5. The maximum absolute atomic E-state index is 13.1. The first-order chi connectivity index (χ1) is 14.3. The van der Waals surface area contributed by atoms with E-state index in [-0.39, 0.29) is 22.3 Å². The number of nitrogens with one attached hydrogen (secondary N) is 2. The fourth-order valence-electron chi connectivity index (χ4n) is 4.25. The summed E-state index contributed by atoms with van der Waals surface area (Å²) in [6.07, 6.45) is 3.33. The molecule has 0 saturated heterocycles. The van der Waals surface area contributed by atoms with Crippen LogP contribution in [-0.2, 0) is 0 Å². The molecule has 2 aromatic carbocycles.